The van der Waals surface area contributed by atoms with Crippen molar-refractivity contribution >= 4 is 29.2 Å². The molecule has 1 aromatic carbocycles. The van der Waals surface area contributed by atoms with Crippen LogP contribution in [-0.4, -0.2) is 73.3 Å². The molecule has 5 atom stereocenters. The lowest BCUT2D eigenvalue weighted by Gasteiger charge is -2.44. The van der Waals surface area contributed by atoms with E-state index in [0.717, 1.165) is 22.6 Å². The molecule has 9 nitrogen and oxygen atoms in total. The molecule has 1 aliphatic rings. The Balaban J connectivity index is 1.76. The summed E-state index contributed by atoms with van der Waals surface area (Å²) in [6.45, 7) is 4.75. The van der Waals surface area contributed by atoms with Crippen molar-refractivity contribution in [3.05, 3.63) is 64.5 Å². The first kappa shape index (κ1) is 29.1. The number of aliphatic hydroxyl groups is 2. The van der Waals surface area contributed by atoms with Gasteiger partial charge < -0.3 is 24.5 Å². The van der Waals surface area contributed by atoms with Crippen molar-refractivity contribution in [1.82, 2.24) is 20.0 Å². The maximum absolute atomic E-state index is 13.7. The van der Waals surface area contributed by atoms with E-state index in [9.17, 15) is 36.6 Å². The second kappa shape index (κ2) is 11.7. The molecule has 4 rings (SSSR count). The number of hydrogen-bond donors (Lipinski definition) is 2. The van der Waals surface area contributed by atoms with Gasteiger partial charge in [0.25, 0.3) is 5.82 Å². The number of rotatable bonds is 7. The van der Waals surface area contributed by atoms with Gasteiger partial charge in [0.2, 0.25) is 0 Å². The van der Waals surface area contributed by atoms with Crippen LogP contribution in [0.5, 0.6) is 0 Å². The Hall–Kier alpha value is -2.94. The van der Waals surface area contributed by atoms with Gasteiger partial charge in [-0.25, -0.2) is 17.9 Å². The molecule has 2 aromatic heterocycles. The van der Waals surface area contributed by atoms with Crippen LogP contribution in [0.3, 0.4) is 0 Å². The van der Waals surface area contributed by atoms with Gasteiger partial charge in [-0.3, -0.25) is 0 Å². The Morgan fingerprint density at radius 3 is 2.51 bits per heavy atom. The van der Waals surface area contributed by atoms with Crippen LogP contribution < -0.4 is 0 Å². The molecule has 0 radical (unpaired) electrons. The van der Waals surface area contributed by atoms with E-state index in [-0.39, 0.29) is 27.0 Å². The van der Waals surface area contributed by atoms with Crippen LogP contribution in [0.1, 0.15) is 6.04 Å². The SMILES string of the molecule is [C-]#[N+]c1ncc(Cl)cc1S[C@H]1OC(CO)[C@H](O)[C@H](n2cc(-c3cc(F)c(F)c(F)c3)nn2)C1OCC(F)(F)F. The Morgan fingerprint density at radius 2 is 1.90 bits per heavy atom. The average molecular weight is 596 g/mol. The summed E-state index contributed by atoms with van der Waals surface area (Å²) in [5.41, 5.74) is -1.84. The standard InChI is InChI=1S/C22H16ClF6N5O4S/c1-30-20-15(4-10(23)5-31-20)39-21-19(37-8-22(27,28)29)17(18(36)14(7-35)38-21)34-6-13(32-33-34)9-2-11(24)16(26)12(25)3-9/h2-6,14,17-19,21,35-36H,7-8H2/t14?,17-,18-,19?,21+/m0/s1. The number of pyridine rings is 1. The van der Waals surface area contributed by atoms with Crippen LogP contribution in [-0.2, 0) is 9.47 Å². The fourth-order valence-electron chi connectivity index (χ4n) is 3.79. The van der Waals surface area contributed by atoms with Crippen molar-refractivity contribution in [2.75, 3.05) is 13.2 Å². The second-order valence-corrected chi connectivity index (χ2v) is 9.72. The normalized spacial score (nSPS) is 23.5. The summed E-state index contributed by atoms with van der Waals surface area (Å²) in [6, 6.07) is 1.11. The minimum Gasteiger partial charge on any atom is -0.394 e. The molecule has 1 fully saturated rings. The Kier molecular flexibility index (Phi) is 8.69. The summed E-state index contributed by atoms with van der Waals surface area (Å²) in [7, 11) is 0. The molecule has 1 saturated heterocycles. The van der Waals surface area contributed by atoms with E-state index in [1.165, 1.54) is 12.3 Å². The predicted octanol–water partition coefficient (Wildman–Crippen LogP) is 4.32. The summed E-state index contributed by atoms with van der Waals surface area (Å²) in [6.07, 6.45) is -7.26. The third-order valence-corrected chi connectivity index (χ3v) is 6.88. The van der Waals surface area contributed by atoms with Gasteiger partial charge in [0.1, 0.15) is 48.3 Å². The molecule has 3 aromatic rings. The van der Waals surface area contributed by atoms with Crippen LogP contribution >= 0.6 is 23.4 Å². The van der Waals surface area contributed by atoms with E-state index < -0.39 is 66.6 Å². The van der Waals surface area contributed by atoms with Crippen molar-refractivity contribution < 1.29 is 46.0 Å². The zero-order valence-electron chi connectivity index (χ0n) is 19.2. The molecule has 0 amide bonds. The number of thioether (sulfide) groups is 1. The number of aromatic nitrogens is 4. The molecule has 0 saturated carbocycles. The summed E-state index contributed by atoms with van der Waals surface area (Å²) in [4.78, 5) is 7.23. The molecule has 3 heterocycles. The first-order chi connectivity index (χ1) is 18.4. The third-order valence-electron chi connectivity index (χ3n) is 5.51. The monoisotopic (exact) mass is 595 g/mol. The number of halogens is 7. The minimum absolute atomic E-state index is 0.114. The van der Waals surface area contributed by atoms with E-state index in [2.05, 4.69) is 20.1 Å². The zero-order valence-corrected chi connectivity index (χ0v) is 20.8. The number of ether oxygens (including phenoxy) is 2. The molecule has 17 heteroatoms. The van der Waals surface area contributed by atoms with Gasteiger partial charge in [-0.1, -0.05) is 23.4 Å². The highest BCUT2D eigenvalue weighted by Gasteiger charge is 2.49. The lowest BCUT2D eigenvalue weighted by Crippen LogP contribution is -2.56. The van der Waals surface area contributed by atoms with Crippen molar-refractivity contribution in [3.8, 4) is 11.3 Å². The number of benzene rings is 1. The quantitative estimate of drug-likeness (QED) is 0.236. The van der Waals surface area contributed by atoms with Crippen molar-refractivity contribution in [1.29, 1.82) is 0 Å². The van der Waals surface area contributed by atoms with Crippen molar-refractivity contribution in [2.24, 2.45) is 0 Å². The fraction of sp³-hybridized carbons (Fsp3) is 0.364. The first-order valence-electron chi connectivity index (χ1n) is 10.8. The van der Waals surface area contributed by atoms with Gasteiger partial charge in [-0.15, -0.1) is 21.8 Å². The summed E-state index contributed by atoms with van der Waals surface area (Å²) < 4.78 is 92.0. The maximum atomic E-state index is 13.7. The third kappa shape index (κ3) is 6.45. The fourth-order valence-corrected chi connectivity index (χ4v) is 5.24. The van der Waals surface area contributed by atoms with E-state index in [1.807, 2.05) is 0 Å². The first-order valence-corrected chi connectivity index (χ1v) is 12.1. The predicted molar refractivity (Wildman–Crippen MR) is 123 cm³/mol. The molecule has 0 aliphatic carbocycles. The largest absolute Gasteiger partial charge is 0.411 e. The summed E-state index contributed by atoms with van der Waals surface area (Å²) in [5.74, 6) is -4.89. The van der Waals surface area contributed by atoms with Gasteiger partial charge in [0.15, 0.2) is 17.5 Å². The molecule has 208 valence electrons. The lowest BCUT2D eigenvalue weighted by molar-refractivity contribution is -0.233. The number of hydrogen-bond acceptors (Lipinski definition) is 8. The molecule has 0 bridgehead atoms. The molecule has 0 spiro atoms. The number of nitrogens with zero attached hydrogens (tertiary/aromatic N) is 5. The van der Waals surface area contributed by atoms with Gasteiger partial charge in [0.05, 0.1) is 17.8 Å². The van der Waals surface area contributed by atoms with Gasteiger partial charge in [-0.05, 0) is 18.2 Å². The molecular formula is C22H16ClF6N5O4S. The summed E-state index contributed by atoms with van der Waals surface area (Å²) in [5, 5.41) is 28.4. The molecular weight excluding hydrogens is 580 g/mol. The molecule has 39 heavy (non-hydrogen) atoms. The van der Waals surface area contributed by atoms with E-state index in [1.54, 1.807) is 0 Å². The molecule has 1 aliphatic heterocycles. The van der Waals surface area contributed by atoms with E-state index >= 15 is 0 Å². The number of alkyl halides is 3. The average Bonchev–Trinajstić information content (AvgIpc) is 3.36. The van der Waals surface area contributed by atoms with Crippen molar-refractivity contribution in [3.63, 3.8) is 0 Å². The van der Waals surface area contributed by atoms with Crippen LogP contribution in [0, 0.1) is 24.0 Å². The minimum atomic E-state index is -4.80. The van der Waals surface area contributed by atoms with Crippen LogP contribution in [0.15, 0.2) is 35.5 Å². The Labute approximate surface area is 225 Å². The number of aliphatic hydroxyl groups excluding tert-OH is 2. The van der Waals surface area contributed by atoms with Crippen LogP contribution in [0.2, 0.25) is 5.02 Å². The summed E-state index contributed by atoms with van der Waals surface area (Å²) >= 11 is 6.68. The van der Waals surface area contributed by atoms with Gasteiger partial charge >= 0.3 is 6.18 Å². The highest BCUT2D eigenvalue weighted by Crippen LogP contribution is 2.43. The zero-order chi connectivity index (χ0) is 28.5. The van der Waals surface area contributed by atoms with Gasteiger partial charge in [-0.2, -0.15) is 13.2 Å². The molecule has 2 unspecified atom stereocenters. The van der Waals surface area contributed by atoms with E-state index in [4.69, 9.17) is 27.6 Å². The molecule has 2 N–H and O–H groups in total. The highest BCUT2D eigenvalue weighted by atomic mass is 35.5. The van der Waals surface area contributed by atoms with Crippen LogP contribution in [0.4, 0.5) is 32.2 Å². The van der Waals surface area contributed by atoms with Crippen LogP contribution in [0.25, 0.3) is 16.1 Å². The van der Waals surface area contributed by atoms with Crippen molar-refractivity contribution in [2.45, 2.75) is 40.9 Å². The lowest BCUT2D eigenvalue weighted by atomic mass is 9.97. The highest BCUT2D eigenvalue weighted by molar-refractivity contribution is 8.00. The Bertz CT molecular complexity index is 1370. The second-order valence-electron chi connectivity index (χ2n) is 8.14. The maximum Gasteiger partial charge on any atom is 0.411 e. The van der Waals surface area contributed by atoms with Gasteiger partial charge in [0, 0.05) is 10.5 Å². The Morgan fingerprint density at radius 1 is 1.21 bits per heavy atom. The topological polar surface area (TPSA) is 107 Å². The smallest absolute Gasteiger partial charge is 0.394 e. The van der Waals surface area contributed by atoms with E-state index in [0.29, 0.717) is 12.1 Å².